The van der Waals surface area contributed by atoms with Gasteiger partial charge in [-0.25, -0.2) is 9.59 Å². The van der Waals surface area contributed by atoms with Crippen molar-refractivity contribution in [2.24, 2.45) is 0 Å². The van der Waals surface area contributed by atoms with Gasteiger partial charge in [-0.15, -0.1) is 6.58 Å². The molecular weight excluding hydrogens is 338 g/mol. The van der Waals surface area contributed by atoms with Gasteiger partial charge in [0, 0.05) is 18.8 Å². The van der Waals surface area contributed by atoms with Crippen LogP contribution in [-0.2, 0) is 9.53 Å². The smallest absolute Gasteiger partial charge is 0.338 e. The number of nitrogens with zero attached hydrogens (tertiary/aromatic N) is 2. The SMILES string of the molecule is C=CCN1C(=O)NC(c2ccsc2)C(C(=O)OCC)=C1CN(C)CC. The van der Waals surface area contributed by atoms with E-state index in [1.165, 1.54) is 11.3 Å². The molecule has 2 rings (SSSR count). The predicted octanol–water partition coefficient (Wildman–Crippen LogP) is 2.77. The van der Waals surface area contributed by atoms with E-state index in [9.17, 15) is 9.59 Å². The Balaban J connectivity index is 2.58. The molecule has 0 aliphatic carbocycles. The molecular formula is C18H25N3O3S. The second-order valence-electron chi connectivity index (χ2n) is 5.75. The largest absolute Gasteiger partial charge is 0.463 e. The van der Waals surface area contributed by atoms with Crippen molar-refractivity contribution in [3.63, 3.8) is 0 Å². The molecule has 1 atom stereocenters. The molecule has 0 aromatic carbocycles. The van der Waals surface area contributed by atoms with E-state index in [0.717, 1.165) is 12.1 Å². The van der Waals surface area contributed by atoms with Crippen LogP contribution in [0.1, 0.15) is 25.5 Å². The predicted molar refractivity (Wildman–Crippen MR) is 99.3 cm³/mol. The number of carbonyl (C=O) groups is 2. The standard InChI is InChI=1S/C18H25N3O3S/c1-5-9-21-14(11-20(4)6-2)15(17(22)24-7-3)16(19-18(21)23)13-8-10-25-12-13/h5,8,10,12,16H,1,6-7,9,11H2,2-4H3,(H,19,23). The summed E-state index contributed by atoms with van der Waals surface area (Å²) in [6.07, 6.45) is 1.65. The first-order chi connectivity index (χ1) is 12.0. The van der Waals surface area contributed by atoms with Gasteiger partial charge in [0.2, 0.25) is 0 Å². The summed E-state index contributed by atoms with van der Waals surface area (Å²) in [7, 11) is 1.95. The summed E-state index contributed by atoms with van der Waals surface area (Å²) in [5.74, 6) is -0.396. The number of urea groups is 1. The summed E-state index contributed by atoms with van der Waals surface area (Å²) < 4.78 is 5.30. The van der Waals surface area contributed by atoms with Crippen molar-refractivity contribution < 1.29 is 14.3 Å². The van der Waals surface area contributed by atoms with Crippen molar-refractivity contribution in [2.75, 3.05) is 33.3 Å². The van der Waals surface area contributed by atoms with Crippen LogP contribution in [0.2, 0.25) is 0 Å². The van der Waals surface area contributed by atoms with E-state index in [2.05, 4.69) is 11.9 Å². The molecule has 136 valence electrons. The van der Waals surface area contributed by atoms with Gasteiger partial charge in [-0.3, -0.25) is 4.90 Å². The Morgan fingerprint density at radius 3 is 2.84 bits per heavy atom. The van der Waals surface area contributed by atoms with Crippen LogP contribution < -0.4 is 5.32 Å². The van der Waals surface area contributed by atoms with Crippen molar-refractivity contribution >= 4 is 23.3 Å². The van der Waals surface area contributed by atoms with Crippen LogP contribution >= 0.6 is 11.3 Å². The number of hydrogen-bond acceptors (Lipinski definition) is 5. The Labute approximate surface area is 152 Å². The number of esters is 1. The van der Waals surface area contributed by atoms with Crippen molar-refractivity contribution in [2.45, 2.75) is 19.9 Å². The van der Waals surface area contributed by atoms with E-state index >= 15 is 0 Å². The fraction of sp³-hybridized carbons (Fsp3) is 0.444. The van der Waals surface area contributed by atoms with Gasteiger partial charge in [-0.05, 0) is 42.9 Å². The molecule has 7 heteroatoms. The first-order valence-electron chi connectivity index (χ1n) is 8.33. The minimum Gasteiger partial charge on any atom is -0.463 e. The summed E-state index contributed by atoms with van der Waals surface area (Å²) in [5.41, 5.74) is 2.04. The zero-order valence-corrected chi connectivity index (χ0v) is 15.8. The molecule has 6 nitrogen and oxygen atoms in total. The fourth-order valence-electron chi connectivity index (χ4n) is 2.70. The molecule has 0 spiro atoms. The van der Waals surface area contributed by atoms with Gasteiger partial charge in [0.15, 0.2) is 0 Å². The zero-order chi connectivity index (χ0) is 18.4. The summed E-state index contributed by atoms with van der Waals surface area (Å²) in [6.45, 7) is 9.42. The molecule has 1 unspecified atom stereocenters. The first kappa shape index (κ1) is 19.2. The van der Waals surface area contributed by atoms with Crippen LogP contribution in [-0.4, -0.2) is 55.1 Å². The summed E-state index contributed by atoms with van der Waals surface area (Å²) in [5, 5.41) is 6.80. The molecule has 2 amide bonds. The highest BCUT2D eigenvalue weighted by atomic mass is 32.1. The van der Waals surface area contributed by atoms with Crippen LogP contribution in [0, 0.1) is 0 Å². The topological polar surface area (TPSA) is 61.9 Å². The van der Waals surface area contributed by atoms with Crippen molar-refractivity contribution in [1.82, 2.24) is 15.1 Å². The second kappa shape index (κ2) is 8.82. The highest BCUT2D eigenvalue weighted by molar-refractivity contribution is 7.08. The third-order valence-corrected chi connectivity index (χ3v) is 4.78. The molecule has 25 heavy (non-hydrogen) atoms. The van der Waals surface area contributed by atoms with Gasteiger partial charge in [0.25, 0.3) is 0 Å². The van der Waals surface area contributed by atoms with Crippen molar-refractivity contribution in [1.29, 1.82) is 0 Å². The molecule has 0 saturated heterocycles. The summed E-state index contributed by atoms with van der Waals surface area (Å²) in [6, 6.07) is 1.18. The molecule has 1 aliphatic heterocycles. The molecule has 0 saturated carbocycles. The zero-order valence-electron chi connectivity index (χ0n) is 14.9. The maximum atomic E-state index is 12.7. The first-order valence-corrected chi connectivity index (χ1v) is 9.27. The van der Waals surface area contributed by atoms with Gasteiger partial charge < -0.3 is 15.0 Å². The van der Waals surface area contributed by atoms with Crippen LogP contribution in [0.25, 0.3) is 0 Å². The van der Waals surface area contributed by atoms with E-state index in [0.29, 0.717) is 24.4 Å². The Morgan fingerprint density at radius 1 is 1.52 bits per heavy atom. The number of thiophene rings is 1. The summed E-state index contributed by atoms with van der Waals surface area (Å²) >= 11 is 1.53. The van der Waals surface area contributed by atoms with Gasteiger partial charge in [-0.1, -0.05) is 13.0 Å². The van der Waals surface area contributed by atoms with E-state index in [1.54, 1.807) is 17.9 Å². The van der Waals surface area contributed by atoms with Crippen LogP contribution in [0.3, 0.4) is 0 Å². The third kappa shape index (κ3) is 4.29. The van der Waals surface area contributed by atoms with Gasteiger partial charge in [-0.2, -0.15) is 11.3 Å². The number of rotatable bonds is 8. The number of likely N-dealkylation sites (N-methyl/N-ethyl adjacent to an activating group) is 1. The van der Waals surface area contributed by atoms with Crippen LogP contribution in [0.15, 0.2) is 40.8 Å². The van der Waals surface area contributed by atoms with E-state index in [-0.39, 0.29) is 12.6 Å². The lowest BCUT2D eigenvalue weighted by molar-refractivity contribution is -0.139. The normalized spacial score (nSPS) is 17.7. The van der Waals surface area contributed by atoms with Crippen molar-refractivity contribution in [3.8, 4) is 0 Å². The van der Waals surface area contributed by atoms with Gasteiger partial charge in [0.05, 0.1) is 18.2 Å². The molecule has 0 radical (unpaired) electrons. The average molecular weight is 363 g/mol. The molecule has 2 heterocycles. The monoisotopic (exact) mass is 363 g/mol. The highest BCUT2D eigenvalue weighted by Crippen LogP contribution is 2.32. The molecule has 1 aromatic heterocycles. The molecule has 1 N–H and O–H groups in total. The average Bonchev–Trinajstić information content (AvgIpc) is 3.12. The van der Waals surface area contributed by atoms with Gasteiger partial charge >= 0.3 is 12.0 Å². The fourth-order valence-corrected chi connectivity index (χ4v) is 3.39. The lowest BCUT2D eigenvalue weighted by Gasteiger charge is -2.37. The van der Waals surface area contributed by atoms with Crippen LogP contribution in [0.4, 0.5) is 4.79 Å². The minimum absolute atomic E-state index is 0.233. The number of carbonyl (C=O) groups excluding carboxylic acids is 2. The highest BCUT2D eigenvalue weighted by Gasteiger charge is 2.38. The Kier molecular flexibility index (Phi) is 6.78. The van der Waals surface area contributed by atoms with E-state index in [1.807, 2.05) is 35.7 Å². The second-order valence-corrected chi connectivity index (χ2v) is 6.53. The lowest BCUT2D eigenvalue weighted by Crippen LogP contribution is -2.50. The molecule has 1 aliphatic rings. The maximum absolute atomic E-state index is 12.7. The number of amides is 2. The third-order valence-electron chi connectivity index (χ3n) is 4.08. The maximum Gasteiger partial charge on any atom is 0.338 e. The lowest BCUT2D eigenvalue weighted by atomic mass is 9.96. The number of hydrogen-bond donors (Lipinski definition) is 1. The Bertz CT molecular complexity index is 655. The van der Waals surface area contributed by atoms with E-state index in [4.69, 9.17) is 4.74 Å². The molecule has 0 bridgehead atoms. The molecule has 1 aromatic rings. The quantitative estimate of drug-likeness (QED) is 0.570. The number of ether oxygens (including phenoxy) is 1. The van der Waals surface area contributed by atoms with Crippen LogP contribution in [0.5, 0.6) is 0 Å². The van der Waals surface area contributed by atoms with E-state index < -0.39 is 12.0 Å². The molecule has 0 fully saturated rings. The minimum atomic E-state index is -0.501. The van der Waals surface area contributed by atoms with Crippen molar-refractivity contribution in [3.05, 3.63) is 46.3 Å². The number of nitrogens with one attached hydrogen (secondary N) is 1. The Hall–Kier alpha value is -2.12. The van der Waals surface area contributed by atoms with Gasteiger partial charge in [0.1, 0.15) is 0 Å². The summed E-state index contributed by atoms with van der Waals surface area (Å²) in [4.78, 5) is 29.0. The Morgan fingerprint density at radius 2 is 2.28 bits per heavy atom.